The summed E-state index contributed by atoms with van der Waals surface area (Å²) in [5.74, 6) is 1.70. The molecule has 18 heavy (non-hydrogen) atoms. The fourth-order valence-electron chi connectivity index (χ4n) is 1.93. The monoisotopic (exact) mass is 246 g/mol. The Morgan fingerprint density at radius 2 is 2.22 bits per heavy atom. The largest absolute Gasteiger partial charge is 0.467 e. The summed E-state index contributed by atoms with van der Waals surface area (Å²) in [5.41, 5.74) is 0.839. The van der Waals surface area contributed by atoms with Crippen molar-refractivity contribution < 1.29 is 9.52 Å². The standard InChI is InChI=1S/C14H18N2O2/c1-3-16(10-12-6-5-9-18-12)14-13(11(2)17)7-4-8-15-14/h4-9,11,17H,3,10H2,1-2H3/t11-/m0/s1. The predicted molar refractivity (Wildman–Crippen MR) is 70.3 cm³/mol. The molecule has 0 aliphatic carbocycles. The van der Waals surface area contributed by atoms with Crippen molar-refractivity contribution in [1.29, 1.82) is 0 Å². The van der Waals surface area contributed by atoms with Crippen LogP contribution in [0.15, 0.2) is 41.1 Å². The Morgan fingerprint density at radius 1 is 1.39 bits per heavy atom. The van der Waals surface area contributed by atoms with Gasteiger partial charge in [0.1, 0.15) is 11.6 Å². The average molecular weight is 246 g/mol. The maximum absolute atomic E-state index is 9.78. The number of furan rings is 1. The van der Waals surface area contributed by atoms with Gasteiger partial charge in [0.15, 0.2) is 0 Å². The molecule has 0 aliphatic heterocycles. The average Bonchev–Trinajstić information content (AvgIpc) is 2.88. The molecule has 0 saturated heterocycles. The summed E-state index contributed by atoms with van der Waals surface area (Å²) in [6.45, 7) is 5.27. The fourth-order valence-corrected chi connectivity index (χ4v) is 1.93. The summed E-state index contributed by atoms with van der Waals surface area (Å²) in [6, 6.07) is 7.55. The lowest BCUT2D eigenvalue weighted by Crippen LogP contribution is -2.24. The number of aliphatic hydroxyl groups excluding tert-OH is 1. The Labute approximate surface area is 107 Å². The summed E-state index contributed by atoms with van der Waals surface area (Å²) in [6.07, 6.45) is 2.88. The first-order chi connectivity index (χ1) is 8.72. The van der Waals surface area contributed by atoms with Crippen LogP contribution in [-0.2, 0) is 6.54 Å². The van der Waals surface area contributed by atoms with Crippen molar-refractivity contribution in [1.82, 2.24) is 4.98 Å². The zero-order valence-electron chi connectivity index (χ0n) is 10.7. The van der Waals surface area contributed by atoms with Crippen LogP contribution in [0.1, 0.15) is 31.3 Å². The van der Waals surface area contributed by atoms with Crippen LogP contribution in [0, 0.1) is 0 Å². The maximum atomic E-state index is 9.78. The summed E-state index contributed by atoms with van der Waals surface area (Å²) in [7, 11) is 0. The summed E-state index contributed by atoms with van der Waals surface area (Å²) in [4.78, 5) is 6.46. The second-order valence-corrected chi connectivity index (χ2v) is 4.19. The van der Waals surface area contributed by atoms with Gasteiger partial charge in [0.25, 0.3) is 0 Å². The topological polar surface area (TPSA) is 49.5 Å². The van der Waals surface area contributed by atoms with Gasteiger partial charge in [-0.15, -0.1) is 0 Å². The van der Waals surface area contributed by atoms with Crippen LogP contribution >= 0.6 is 0 Å². The first-order valence-electron chi connectivity index (χ1n) is 6.12. The van der Waals surface area contributed by atoms with Crippen LogP contribution in [0.25, 0.3) is 0 Å². The van der Waals surface area contributed by atoms with E-state index in [1.54, 1.807) is 19.4 Å². The molecule has 0 spiro atoms. The molecular formula is C14H18N2O2. The van der Waals surface area contributed by atoms with Crippen LogP contribution in [0.3, 0.4) is 0 Å². The number of aliphatic hydroxyl groups is 1. The van der Waals surface area contributed by atoms with Crippen molar-refractivity contribution in [2.24, 2.45) is 0 Å². The van der Waals surface area contributed by atoms with Gasteiger partial charge in [-0.2, -0.15) is 0 Å². The molecule has 0 aliphatic rings. The van der Waals surface area contributed by atoms with Crippen LogP contribution in [0.4, 0.5) is 5.82 Å². The molecular weight excluding hydrogens is 228 g/mol. The third-order valence-electron chi connectivity index (χ3n) is 2.88. The van der Waals surface area contributed by atoms with Gasteiger partial charge in [-0.05, 0) is 32.0 Å². The minimum atomic E-state index is -0.528. The maximum Gasteiger partial charge on any atom is 0.134 e. The van der Waals surface area contributed by atoms with E-state index in [4.69, 9.17) is 4.42 Å². The Morgan fingerprint density at radius 3 is 2.83 bits per heavy atom. The summed E-state index contributed by atoms with van der Waals surface area (Å²) >= 11 is 0. The Kier molecular flexibility index (Phi) is 3.99. The third-order valence-corrected chi connectivity index (χ3v) is 2.88. The van der Waals surface area contributed by atoms with Crippen molar-refractivity contribution in [2.45, 2.75) is 26.5 Å². The molecule has 0 fully saturated rings. The van der Waals surface area contributed by atoms with Gasteiger partial charge in [-0.25, -0.2) is 4.98 Å². The second kappa shape index (κ2) is 5.69. The van der Waals surface area contributed by atoms with Crippen LogP contribution in [0.2, 0.25) is 0 Å². The lowest BCUT2D eigenvalue weighted by molar-refractivity contribution is 0.199. The van der Waals surface area contributed by atoms with Gasteiger partial charge in [-0.1, -0.05) is 6.07 Å². The minimum Gasteiger partial charge on any atom is -0.467 e. The van der Waals surface area contributed by atoms with Crippen molar-refractivity contribution in [3.05, 3.63) is 48.0 Å². The molecule has 2 rings (SSSR count). The molecule has 0 saturated carbocycles. The van der Waals surface area contributed by atoms with E-state index in [2.05, 4.69) is 16.8 Å². The van der Waals surface area contributed by atoms with Gasteiger partial charge in [0, 0.05) is 18.3 Å². The van der Waals surface area contributed by atoms with E-state index in [9.17, 15) is 5.11 Å². The second-order valence-electron chi connectivity index (χ2n) is 4.19. The smallest absolute Gasteiger partial charge is 0.134 e. The van der Waals surface area contributed by atoms with Crippen molar-refractivity contribution in [3.63, 3.8) is 0 Å². The van der Waals surface area contributed by atoms with E-state index < -0.39 is 6.10 Å². The van der Waals surface area contributed by atoms with E-state index >= 15 is 0 Å². The SMILES string of the molecule is CCN(Cc1ccco1)c1ncccc1[C@H](C)O. The first kappa shape index (κ1) is 12.6. The molecule has 4 nitrogen and oxygen atoms in total. The molecule has 2 aromatic rings. The number of hydrogen-bond donors (Lipinski definition) is 1. The highest BCUT2D eigenvalue weighted by Gasteiger charge is 2.15. The quantitative estimate of drug-likeness (QED) is 0.881. The van der Waals surface area contributed by atoms with Crippen molar-refractivity contribution >= 4 is 5.82 Å². The number of rotatable bonds is 5. The highest BCUT2D eigenvalue weighted by molar-refractivity contribution is 5.47. The van der Waals surface area contributed by atoms with E-state index in [-0.39, 0.29) is 0 Å². The van der Waals surface area contributed by atoms with E-state index in [0.717, 1.165) is 23.7 Å². The van der Waals surface area contributed by atoms with E-state index in [0.29, 0.717) is 6.54 Å². The van der Waals surface area contributed by atoms with E-state index in [1.165, 1.54) is 0 Å². The number of aromatic nitrogens is 1. The molecule has 1 atom stereocenters. The molecule has 0 bridgehead atoms. The number of anilines is 1. The molecule has 0 amide bonds. The van der Waals surface area contributed by atoms with Gasteiger partial charge in [-0.3, -0.25) is 0 Å². The molecule has 0 unspecified atom stereocenters. The Balaban J connectivity index is 2.27. The lowest BCUT2D eigenvalue weighted by atomic mass is 10.1. The van der Waals surface area contributed by atoms with Crippen LogP contribution in [-0.4, -0.2) is 16.6 Å². The fraction of sp³-hybridized carbons (Fsp3) is 0.357. The highest BCUT2D eigenvalue weighted by atomic mass is 16.3. The van der Waals surface area contributed by atoms with Crippen molar-refractivity contribution in [2.75, 3.05) is 11.4 Å². The molecule has 0 aromatic carbocycles. The van der Waals surface area contributed by atoms with Gasteiger partial charge >= 0.3 is 0 Å². The van der Waals surface area contributed by atoms with Crippen LogP contribution in [0.5, 0.6) is 0 Å². The van der Waals surface area contributed by atoms with Crippen LogP contribution < -0.4 is 4.90 Å². The summed E-state index contributed by atoms with van der Waals surface area (Å²) in [5, 5.41) is 9.78. The number of hydrogen-bond acceptors (Lipinski definition) is 4. The number of pyridine rings is 1. The number of nitrogens with zero attached hydrogens (tertiary/aromatic N) is 2. The molecule has 4 heteroatoms. The van der Waals surface area contributed by atoms with Gasteiger partial charge < -0.3 is 14.4 Å². The Bertz CT molecular complexity index is 480. The van der Waals surface area contributed by atoms with Crippen molar-refractivity contribution in [3.8, 4) is 0 Å². The zero-order valence-corrected chi connectivity index (χ0v) is 10.7. The van der Waals surface area contributed by atoms with Gasteiger partial charge in [0.2, 0.25) is 0 Å². The molecule has 96 valence electrons. The lowest BCUT2D eigenvalue weighted by Gasteiger charge is -2.24. The molecule has 2 aromatic heterocycles. The summed E-state index contributed by atoms with van der Waals surface area (Å²) < 4.78 is 5.36. The molecule has 2 heterocycles. The molecule has 1 N–H and O–H groups in total. The minimum absolute atomic E-state index is 0.528. The first-order valence-corrected chi connectivity index (χ1v) is 6.12. The highest BCUT2D eigenvalue weighted by Crippen LogP contribution is 2.24. The zero-order chi connectivity index (χ0) is 13.0. The Hall–Kier alpha value is -1.81. The third kappa shape index (κ3) is 2.71. The van der Waals surface area contributed by atoms with E-state index in [1.807, 2.05) is 24.3 Å². The molecule has 0 radical (unpaired) electrons. The normalized spacial score (nSPS) is 12.4. The predicted octanol–water partition coefficient (Wildman–Crippen LogP) is 2.75. The van der Waals surface area contributed by atoms with Gasteiger partial charge in [0.05, 0.1) is 18.9 Å².